The number of carbonyl (C=O) groups excluding carboxylic acids is 1. The maximum atomic E-state index is 13.4. The molecule has 2 aliphatic rings. The van der Waals surface area contributed by atoms with Gasteiger partial charge in [0.05, 0.1) is 10.5 Å². The van der Waals surface area contributed by atoms with Crippen molar-refractivity contribution in [2.45, 2.75) is 36.0 Å². The highest BCUT2D eigenvalue weighted by Gasteiger charge is 2.37. The molecule has 0 bridgehead atoms. The Morgan fingerprint density at radius 1 is 1.00 bits per heavy atom. The Morgan fingerprint density at radius 2 is 1.64 bits per heavy atom. The number of nitrogens with one attached hydrogen (secondary N) is 1. The average molecular weight is 486 g/mol. The summed E-state index contributed by atoms with van der Waals surface area (Å²) in [6, 6.07) is 8.64. The Labute approximate surface area is 189 Å². The van der Waals surface area contributed by atoms with Crippen LogP contribution in [0, 0.1) is 5.82 Å². The minimum Gasteiger partial charge on any atom is -0.352 e. The summed E-state index contributed by atoms with van der Waals surface area (Å²) < 4.78 is 79.5. The van der Waals surface area contributed by atoms with Gasteiger partial charge in [0.25, 0.3) is 0 Å². The number of sulfonamides is 1. The molecule has 0 unspecified atom stereocenters. The lowest BCUT2D eigenvalue weighted by molar-refractivity contribution is -0.137. The predicted molar refractivity (Wildman–Crippen MR) is 112 cm³/mol. The first kappa shape index (κ1) is 23.7. The second-order valence-electron chi connectivity index (χ2n) is 8.20. The number of alkyl halides is 3. The van der Waals surface area contributed by atoms with E-state index in [4.69, 9.17) is 0 Å². The van der Waals surface area contributed by atoms with Crippen LogP contribution >= 0.6 is 0 Å². The molecule has 4 rings (SSSR count). The number of nitrogens with zero attached hydrogens (tertiary/aromatic N) is 2. The van der Waals surface area contributed by atoms with Crippen LogP contribution in [0.2, 0.25) is 0 Å². The van der Waals surface area contributed by atoms with Crippen molar-refractivity contribution in [3.8, 4) is 0 Å². The van der Waals surface area contributed by atoms with Gasteiger partial charge in [-0.1, -0.05) is 18.2 Å². The molecule has 178 valence electrons. The van der Waals surface area contributed by atoms with E-state index in [1.165, 1.54) is 24.3 Å². The van der Waals surface area contributed by atoms with Crippen molar-refractivity contribution < 1.29 is 30.8 Å². The molecule has 0 spiro atoms. The standard InChI is InChI=1S/C22H23F4N3O3S/c23-17-6-4-15(5-7-17)20(21(30)27-18-8-9-18)28-10-12-29(13-11-28)33(31,32)19-3-1-2-16(14-19)22(24,25)26/h1-7,14,18,20H,8-13H2,(H,27,30)/t20-/m1/s1. The lowest BCUT2D eigenvalue weighted by atomic mass is 10.0. The molecule has 1 atom stereocenters. The summed E-state index contributed by atoms with van der Waals surface area (Å²) in [4.78, 5) is 14.3. The molecule has 2 fully saturated rings. The van der Waals surface area contributed by atoms with E-state index in [0.29, 0.717) is 11.6 Å². The van der Waals surface area contributed by atoms with E-state index in [2.05, 4.69) is 5.32 Å². The quantitative estimate of drug-likeness (QED) is 0.639. The van der Waals surface area contributed by atoms with E-state index in [-0.39, 0.29) is 38.1 Å². The van der Waals surface area contributed by atoms with E-state index < -0.39 is 38.5 Å². The smallest absolute Gasteiger partial charge is 0.352 e. The fourth-order valence-corrected chi connectivity index (χ4v) is 5.33. The van der Waals surface area contributed by atoms with Gasteiger partial charge in [0, 0.05) is 32.2 Å². The number of hydrogen-bond acceptors (Lipinski definition) is 4. The summed E-state index contributed by atoms with van der Waals surface area (Å²) >= 11 is 0. The zero-order valence-electron chi connectivity index (χ0n) is 17.6. The third-order valence-corrected chi connectivity index (χ3v) is 7.69. The molecule has 1 heterocycles. The van der Waals surface area contributed by atoms with Crippen LogP contribution in [-0.4, -0.2) is 55.8 Å². The van der Waals surface area contributed by atoms with Gasteiger partial charge in [-0.3, -0.25) is 9.69 Å². The Balaban J connectivity index is 1.51. The summed E-state index contributed by atoms with van der Waals surface area (Å²) in [5, 5.41) is 2.94. The SMILES string of the molecule is O=C(NC1CC1)[C@@H](c1ccc(F)cc1)N1CCN(S(=O)(=O)c2cccc(C(F)(F)F)c2)CC1. The van der Waals surface area contributed by atoms with Crippen molar-refractivity contribution in [3.05, 3.63) is 65.5 Å². The van der Waals surface area contributed by atoms with Gasteiger partial charge in [0.15, 0.2) is 0 Å². The first-order chi connectivity index (χ1) is 15.6. The normalized spacial score (nSPS) is 19.3. The number of carbonyl (C=O) groups is 1. The van der Waals surface area contributed by atoms with Crippen LogP contribution in [0.1, 0.15) is 30.0 Å². The number of piperazine rings is 1. The topological polar surface area (TPSA) is 69.7 Å². The first-order valence-corrected chi connectivity index (χ1v) is 12.0. The molecule has 1 amide bonds. The maximum Gasteiger partial charge on any atom is 0.416 e. The van der Waals surface area contributed by atoms with Crippen LogP contribution in [0.15, 0.2) is 53.4 Å². The van der Waals surface area contributed by atoms with Crippen molar-refractivity contribution in [1.29, 1.82) is 0 Å². The fraction of sp³-hybridized carbons (Fsp3) is 0.409. The highest BCUT2D eigenvalue weighted by molar-refractivity contribution is 7.89. The molecule has 0 aromatic heterocycles. The lowest BCUT2D eigenvalue weighted by Crippen LogP contribution is -2.52. The van der Waals surface area contributed by atoms with Gasteiger partial charge in [-0.15, -0.1) is 0 Å². The van der Waals surface area contributed by atoms with E-state index in [1.54, 1.807) is 0 Å². The van der Waals surface area contributed by atoms with Crippen molar-refractivity contribution in [3.63, 3.8) is 0 Å². The third-order valence-electron chi connectivity index (χ3n) is 5.80. The van der Waals surface area contributed by atoms with Gasteiger partial charge in [-0.25, -0.2) is 12.8 Å². The molecular weight excluding hydrogens is 462 g/mol. The zero-order valence-corrected chi connectivity index (χ0v) is 18.4. The molecule has 1 saturated carbocycles. The fourth-order valence-electron chi connectivity index (χ4n) is 3.86. The predicted octanol–water partition coefficient (Wildman–Crippen LogP) is 3.17. The van der Waals surface area contributed by atoms with Crippen LogP contribution in [0.25, 0.3) is 0 Å². The van der Waals surface area contributed by atoms with Crippen molar-refractivity contribution >= 4 is 15.9 Å². The summed E-state index contributed by atoms with van der Waals surface area (Å²) in [5.74, 6) is -0.671. The minimum absolute atomic E-state index is 0.00693. The van der Waals surface area contributed by atoms with Gasteiger partial charge in [0.2, 0.25) is 15.9 Å². The highest BCUT2D eigenvalue weighted by Crippen LogP contribution is 2.32. The number of rotatable bonds is 6. The van der Waals surface area contributed by atoms with E-state index in [9.17, 15) is 30.8 Å². The summed E-state index contributed by atoms with van der Waals surface area (Å²) in [6.45, 7) is 0.399. The number of halogens is 4. The molecule has 11 heteroatoms. The van der Waals surface area contributed by atoms with Crippen LogP contribution in [0.5, 0.6) is 0 Å². The second-order valence-corrected chi connectivity index (χ2v) is 10.1. The van der Waals surface area contributed by atoms with Crippen molar-refractivity contribution in [2.75, 3.05) is 26.2 Å². The molecule has 1 aliphatic heterocycles. The van der Waals surface area contributed by atoms with Crippen LogP contribution < -0.4 is 5.32 Å². The lowest BCUT2D eigenvalue weighted by Gasteiger charge is -2.38. The van der Waals surface area contributed by atoms with Crippen LogP contribution in [-0.2, 0) is 21.0 Å². The minimum atomic E-state index is -4.65. The summed E-state index contributed by atoms with van der Waals surface area (Å²) in [5.41, 5.74) is -0.445. The Kier molecular flexibility index (Phi) is 6.47. The molecule has 33 heavy (non-hydrogen) atoms. The molecule has 2 aromatic rings. The molecular formula is C22H23F4N3O3S. The van der Waals surface area contributed by atoms with Gasteiger partial charge in [-0.2, -0.15) is 17.5 Å². The zero-order chi connectivity index (χ0) is 23.8. The maximum absolute atomic E-state index is 13.4. The second kappa shape index (κ2) is 9.03. The van der Waals surface area contributed by atoms with E-state index in [1.807, 2.05) is 4.90 Å². The number of hydrogen-bond donors (Lipinski definition) is 1. The monoisotopic (exact) mass is 485 g/mol. The summed E-state index contributed by atoms with van der Waals surface area (Å²) in [6.07, 6.45) is -2.86. The van der Waals surface area contributed by atoms with Gasteiger partial charge in [-0.05, 0) is 48.7 Å². The Bertz CT molecular complexity index is 1110. The van der Waals surface area contributed by atoms with Gasteiger partial charge >= 0.3 is 6.18 Å². The van der Waals surface area contributed by atoms with Crippen LogP contribution in [0.4, 0.5) is 17.6 Å². The Hall–Kier alpha value is -2.50. The first-order valence-electron chi connectivity index (χ1n) is 10.5. The van der Waals surface area contributed by atoms with Crippen molar-refractivity contribution in [2.24, 2.45) is 0 Å². The number of amides is 1. The third kappa shape index (κ3) is 5.36. The van der Waals surface area contributed by atoms with Crippen LogP contribution in [0.3, 0.4) is 0 Å². The van der Waals surface area contributed by atoms with Gasteiger partial charge in [0.1, 0.15) is 11.9 Å². The average Bonchev–Trinajstić information content (AvgIpc) is 3.59. The van der Waals surface area contributed by atoms with Crippen molar-refractivity contribution in [1.82, 2.24) is 14.5 Å². The molecule has 6 nitrogen and oxygen atoms in total. The Morgan fingerprint density at radius 3 is 2.21 bits per heavy atom. The van der Waals surface area contributed by atoms with E-state index >= 15 is 0 Å². The molecule has 0 radical (unpaired) electrons. The molecule has 1 aliphatic carbocycles. The highest BCUT2D eigenvalue weighted by atomic mass is 32.2. The number of benzene rings is 2. The summed E-state index contributed by atoms with van der Waals surface area (Å²) in [7, 11) is -4.14. The van der Waals surface area contributed by atoms with Gasteiger partial charge < -0.3 is 5.32 Å². The molecule has 2 aromatic carbocycles. The van der Waals surface area contributed by atoms with E-state index in [0.717, 1.165) is 35.3 Å². The molecule has 1 saturated heterocycles. The largest absolute Gasteiger partial charge is 0.416 e. The molecule has 1 N–H and O–H groups in total.